The molecule has 0 spiro atoms. The predicted molar refractivity (Wildman–Crippen MR) is 129 cm³/mol. The van der Waals surface area contributed by atoms with Crippen LogP contribution in [-0.4, -0.2) is 39.4 Å². The fraction of sp³-hybridized carbons (Fsp3) is 0.115. The normalized spacial score (nSPS) is 11.3. The Morgan fingerprint density at radius 2 is 1.78 bits per heavy atom. The van der Waals surface area contributed by atoms with Gasteiger partial charge in [0.15, 0.2) is 5.65 Å². The molecular formula is C26H22N4OS. The predicted octanol–water partition coefficient (Wildman–Crippen LogP) is 5.42. The third-order valence-corrected chi connectivity index (χ3v) is 6.20. The topological polar surface area (TPSA) is 50.5 Å². The van der Waals surface area contributed by atoms with Gasteiger partial charge in [-0.2, -0.15) is 5.10 Å². The van der Waals surface area contributed by atoms with Gasteiger partial charge in [-0.1, -0.05) is 48.5 Å². The smallest absolute Gasteiger partial charge is 0.208 e. The third-order valence-electron chi connectivity index (χ3n) is 5.34. The Bertz CT molecular complexity index is 1390. The lowest BCUT2D eigenvalue weighted by molar-refractivity contribution is 0.104. The molecule has 0 unspecified atom stereocenters. The van der Waals surface area contributed by atoms with Crippen LogP contribution in [0.3, 0.4) is 0 Å². The number of carbonyl (C=O) groups excluding carboxylic acids is 1. The highest BCUT2D eigenvalue weighted by Crippen LogP contribution is 2.28. The maximum Gasteiger partial charge on any atom is 0.208 e. The summed E-state index contributed by atoms with van der Waals surface area (Å²) in [6, 6.07) is 22.7. The highest BCUT2D eigenvalue weighted by molar-refractivity contribution is 7.12. The second-order valence-corrected chi connectivity index (χ2v) is 8.89. The molecule has 0 saturated carbocycles. The summed E-state index contributed by atoms with van der Waals surface area (Å²) in [5.41, 5.74) is 6.57. The van der Waals surface area contributed by atoms with E-state index in [2.05, 4.69) is 71.5 Å². The van der Waals surface area contributed by atoms with Gasteiger partial charge in [0.05, 0.1) is 22.3 Å². The van der Waals surface area contributed by atoms with Crippen molar-refractivity contribution in [2.24, 2.45) is 0 Å². The minimum Gasteiger partial charge on any atom is -0.305 e. The van der Waals surface area contributed by atoms with E-state index >= 15 is 0 Å². The number of carbonyl (C=O) groups is 1. The van der Waals surface area contributed by atoms with Crippen molar-refractivity contribution in [3.63, 3.8) is 0 Å². The molecule has 3 heterocycles. The second kappa shape index (κ2) is 8.49. The molecule has 0 aliphatic heterocycles. The van der Waals surface area contributed by atoms with Crippen LogP contribution in [0.1, 0.15) is 20.8 Å². The van der Waals surface area contributed by atoms with Crippen LogP contribution in [0.15, 0.2) is 84.5 Å². The lowest BCUT2D eigenvalue weighted by atomic mass is 10.0. The van der Waals surface area contributed by atoms with Crippen molar-refractivity contribution in [3.05, 3.63) is 101 Å². The number of hydrogen-bond donors (Lipinski definition) is 0. The first kappa shape index (κ1) is 20.3. The minimum atomic E-state index is -0.0498. The summed E-state index contributed by atoms with van der Waals surface area (Å²) in [6.07, 6.45) is 3.35. The molecule has 0 atom stereocenters. The van der Waals surface area contributed by atoms with Gasteiger partial charge in [-0.15, -0.1) is 11.3 Å². The van der Waals surface area contributed by atoms with E-state index in [-0.39, 0.29) is 5.78 Å². The van der Waals surface area contributed by atoms with Crippen LogP contribution in [0, 0.1) is 0 Å². The van der Waals surface area contributed by atoms with Crippen LogP contribution >= 0.6 is 11.3 Å². The number of nitrogens with zero attached hydrogens (tertiary/aromatic N) is 4. The summed E-state index contributed by atoms with van der Waals surface area (Å²) in [5.74, 6) is -0.0498. The second-order valence-electron chi connectivity index (χ2n) is 7.95. The number of benzene rings is 2. The average molecular weight is 439 g/mol. The van der Waals surface area contributed by atoms with Crippen LogP contribution in [-0.2, 0) is 6.54 Å². The van der Waals surface area contributed by atoms with Crippen molar-refractivity contribution in [2.45, 2.75) is 6.54 Å². The van der Waals surface area contributed by atoms with Crippen LogP contribution in [0.5, 0.6) is 0 Å². The van der Waals surface area contributed by atoms with Crippen molar-refractivity contribution in [2.75, 3.05) is 14.1 Å². The molecule has 3 aromatic heterocycles. The molecule has 0 saturated heterocycles. The molecule has 2 aromatic carbocycles. The molecular weight excluding hydrogens is 416 g/mol. The monoisotopic (exact) mass is 438 g/mol. The SMILES string of the molecule is CN(C)Cc1ccc(-c2cccc(-c3ccnc4c(C(=O)c5cccs5)cnn34)c2)cc1. The first-order valence-corrected chi connectivity index (χ1v) is 11.2. The summed E-state index contributed by atoms with van der Waals surface area (Å²) in [4.78, 5) is 20.2. The molecule has 0 fully saturated rings. The van der Waals surface area contributed by atoms with Gasteiger partial charge in [-0.25, -0.2) is 9.50 Å². The highest BCUT2D eigenvalue weighted by Gasteiger charge is 2.18. The van der Waals surface area contributed by atoms with Crippen LogP contribution in [0.4, 0.5) is 0 Å². The molecule has 6 heteroatoms. The van der Waals surface area contributed by atoms with E-state index in [0.717, 1.165) is 28.9 Å². The van der Waals surface area contributed by atoms with Gasteiger partial charge in [-0.3, -0.25) is 4.79 Å². The van der Waals surface area contributed by atoms with Crippen molar-refractivity contribution >= 4 is 22.8 Å². The van der Waals surface area contributed by atoms with Crippen LogP contribution < -0.4 is 0 Å². The van der Waals surface area contributed by atoms with Crippen molar-refractivity contribution in [1.82, 2.24) is 19.5 Å². The van der Waals surface area contributed by atoms with Gasteiger partial charge in [0, 0.05) is 18.3 Å². The summed E-state index contributed by atoms with van der Waals surface area (Å²) in [5, 5.41) is 6.40. The van der Waals surface area contributed by atoms with E-state index in [1.54, 1.807) is 16.9 Å². The fourth-order valence-corrected chi connectivity index (χ4v) is 4.51. The van der Waals surface area contributed by atoms with E-state index < -0.39 is 0 Å². The molecule has 32 heavy (non-hydrogen) atoms. The van der Waals surface area contributed by atoms with E-state index in [0.29, 0.717) is 16.1 Å². The van der Waals surface area contributed by atoms with E-state index in [4.69, 9.17) is 0 Å². The molecule has 0 bridgehead atoms. The number of rotatable bonds is 6. The Kier molecular flexibility index (Phi) is 5.39. The third kappa shape index (κ3) is 3.86. The standard InChI is InChI=1S/C26H22N4OS/c1-29(2)17-18-8-10-19(11-9-18)20-5-3-6-21(15-20)23-12-13-27-26-22(16-28-30(23)26)25(31)24-7-4-14-32-24/h3-16H,17H2,1-2H3. The van der Waals surface area contributed by atoms with Gasteiger partial charge in [-0.05, 0) is 54.4 Å². The first-order chi connectivity index (χ1) is 15.6. The minimum absolute atomic E-state index is 0.0498. The Balaban J connectivity index is 1.52. The van der Waals surface area contributed by atoms with E-state index in [9.17, 15) is 4.79 Å². The number of hydrogen-bond acceptors (Lipinski definition) is 5. The molecule has 5 aromatic rings. The van der Waals surface area contributed by atoms with Crippen molar-refractivity contribution < 1.29 is 4.79 Å². The number of fused-ring (bicyclic) bond motifs is 1. The molecule has 158 valence electrons. The molecule has 5 rings (SSSR count). The summed E-state index contributed by atoms with van der Waals surface area (Å²) >= 11 is 1.42. The quantitative estimate of drug-likeness (QED) is 0.332. The lowest BCUT2D eigenvalue weighted by Crippen LogP contribution is -2.10. The maximum absolute atomic E-state index is 12.9. The zero-order valence-electron chi connectivity index (χ0n) is 17.9. The molecule has 0 amide bonds. The largest absolute Gasteiger partial charge is 0.305 e. The zero-order valence-corrected chi connectivity index (χ0v) is 18.7. The Labute approximate surface area is 190 Å². The van der Waals surface area contributed by atoms with Crippen molar-refractivity contribution in [1.29, 1.82) is 0 Å². The molecule has 0 aliphatic rings. The van der Waals surface area contributed by atoms with Gasteiger partial charge < -0.3 is 4.90 Å². The van der Waals surface area contributed by atoms with Crippen LogP contribution in [0.2, 0.25) is 0 Å². The maximum atomic E-state index is 12.9. The van der Waals surface area contributed by atoms with Gasteiger partial charge in [0.1, 0.15) is 0 Å². The molecule has 0 N–H and O–H groups in total. The first-order valence-electron chi connectivity index (χ1n) is 10.4. The number of thiophene rings is 1. The van der Waals surface area contributed by atoms with E-state index in [1.165, 1.54) is 16.9 Å². The molecule has 5 nitrogen and oxygen atoms in total. The van der Waals surface area contributed by atoms with Gasteiger partial charge in [0.25, 0.3) is 0 Å². The summed E-state index contributed by atoms with van der Waals surface area (Å²) in [7, 11) is 4.14. The summed E-state index contributed by atoms with van der Waals surface area (Å²) in [6.45, 7) is 0.918. The highest BCUT2D eigenvalue weighted by atomic mass is 32.1. The molecule has 0 aliphatic carbocycles. The van der Waals surface area contributed by atoms with Gasteiger partial charge in [0.2, 0.25) is 5.78 Å². The fourth-order valence-electron chi connectivity index (χ4n) is 3.84. The number of ketones is 1. The summed E-state index contributed by atoms with van der Waals surface area (Å²) < 4.78 is 1.75. The Morgan fingerprint density at radius 1 is 0.969 bits per heavy atom. The molecule has 0 radical (unpaired) electrons. The lowest BCUT2D eigenvalue weighted by Gasteiger charge is -2.11. The van der Waals surface area contributed by atoms with Gasteiger partial charge >= 0.3 is 0 Å². The van der Waals surface area contributed by atoms with Crippen molar-refractivity contribution in [3.8, 4) is 22.4 Å². The van der Waals surface area contributed by atoms with Crippen LogP contribution in [0.25, 0.3) is 28.0 Å². The Hall–Kier alpha value is -3.61. The van der Waals surface area contributed by atoms with E-state index in [1.807, 2.05) is 29.6 Å². The zero-order chi connectivity index (χ0) is 22.1. The number of aromatic nitrogens is 3. The average Bonchev–Trinajstić information content (AvgIpc) is 3.49. The Morgan fingerprint density at radius 3 is 2.53 bits per heavy atom.